The summed E-state index contributed by atoms with van der Waals surface area (Å²) in [6.07, 6.45) is 0.871. The van der Waals surface area contributed by atoms with Crippen LogP contribution in [0.1, 0.15) is 20.3 Å². The lowest BCUT2D eigenvalue weighted by atomic mass is 10.1. The third-order valence-electron chi connectivity index (χ3n) is 1.75. The molecule has 1 rings (SSSR count). The van der Waals surface area contributed by atoms with Crippen LogP contribution in [0.25, 0.3) is 0 Å². The standard InChI is InChI=1S/C8H12BNOS/c1-5(2)4-7-8(11)10(9)6(3)12-7/h5,7H,3-4H2,1-2H3. The van der Waals surface area contributed by atoms with Gasteiger partial charge in [0.2, 0.25) is 13.9 Å². The molecule has 12 heavy (non-hydrogen) atoms. The molecule has 1 aliphatic rings. The molecule has 2 nitrogen and oxygen atoms in total. The van der Waals surface area contributed by atoms with Crippen LogP contribution in [0.4, 0.5) is 0 Å². The lowest BCUT2D eigenvalue weighted by Crippen LogP contribution is -2.26. The monoisotopic (exact) mass is 181 g/mol. The molecule has 0 bridgehead atoms. The van der Waals surface area contributed by atoms with Gasteiger partial charge < -0.3 is 4.81 Å². The lowest BCUT2D eigenvalue weighted by Gasteiger charge is -2.10. The summed E-state index contributed by atoms with van der Waals surface area (Å²) < 4.78 is 0. The lowest BCUT2D eigenvalue weighted by molar-refractivity contribution is -0.124. The number of thioether (sulfide) groups is 1. The fraction of sp³-hybridized carbons (Fsp3) is 0.625. The summed E-state index contributed by atoms with van der Waals surface area (Å²) in [5.41, 5.74) is 0. The fourth-order valence-corrected chi connectivity index (χ4v) is 2.35. The molecule has 0 aliphatic carbocycles. The van der Waals surface area contributed by atoms with Crippen LogP contribution in [0, 0.1) is 5.92 Å². The van der Waals surface area contributed by atoms with Gasteiger partial charge in [-0.3, -0.25) is 4.79 Å². The van der Waals surface area contributed by atoms with Crippen molar-refractivity contribution >= 4 is 25.7 Å². The molecule has 0 aromatic carbocycles. The molecule has 1 heterocycles. The molecule has 1 unspecified atom stereocenters. The number of rotatable bonds is 2. The Morgan fingerprint density at radius 2 is 2.33 bits per heavy atom. The van der Waals surface area contributed by atoms with E-state index in [2.05, 4.69) is 20.4 Å². The molecule has 1 fully saturated rings. The van der Waals surface area contributed by atoms with E-state index in [1.165, 1.54) is 11.8 Å². The molecule has 1 saturated heterocycles. The minimum atomic E-state index is -0.0151. The summed E-state index contributed by atoms with van der Waals surface area (Å²) in [6.45, 7) is 7.87. The van der Waals surface area contributed by atoms with Crippen molar-refractivity contribution in [1.82, 2.24) is 4.81 Å². The van der Waals surface area contributed by atoms with Crippen molar-refractivity contribution in [3.8, 4) is 0 Å². The van der Waals surface area contributed by atoms with Gasteiger partial charge in [0.15, 0.2) is 0 Å². The van der Waals surface area contributed by atoms with Crippen LogP contribution in [-0.4, -0.2) is 23.9 Å². The molecular weight excluding hydrogens is 169 g/mol. The first-order chi connectivity index (χ1) is 5.52. The summed E-state index contributed by atoms with van der Waals surface area (Å²) in [5, 5.41) is 0.646. The van der Waals surface area contributed by atoms with Gasteiger partial charge in [0.05, 0.1) is 10.3 Å². The van der Waals surface area contributed by atoms with Gasteiger partial charge in [-0.2, -0.15) is 0 Å². The highest BCUT2D eigenvalue weighted by Crippen LogP contribution is 2.35. The third kappa shape index (κ3) is 1.86. The van der Waals surface area contributed by atoms with Crippen LogP contribution in [0.15, 0.2) is 11.6 Å². The van der Waals surface area contributed by atoms with Crippen LogP contribution in [-0.2, 0) is 4.79 Å². The summed E-state index contributed by atoms with van der Waals surface area (Å²) in [5.74, 6) is 0.504. The van der Waals surface area contributed by atoms with Gasteiger partial charge >= 0.3 is 0 Å². The first kappa shape index (κ1) is 9.71. The van der Waals surface area contributed by atoms with Gasteiger partial charge in [-0.15, -0.1) is 0 Å². The Morgan fingerprint density at radius 3 is 2.67 bits per heavy atom. The highest BCUT2D eigenvalue weighted by atomic mass is 32.2. The number of nitrogens with zero attached hydrogens (tertiary/aromatic N) is 1. The summed E-state index contributed by atoms with van der Waals surface area (Å²) >= 11 is 1.47. The maximum absolute atomic E-state index is 11.4. The minimum Gasteiger partial charge on any atom is -0.364 e. The van der Waals surface area contributed by atoms with Crippen molar-refractivity contribution in [2.24, 2.45) is 5.92 Å². The van der Waals surface area contributed by atoms with Gasteiger partial charge in [-0.1, -0.05) is 32.2 Å². The quantitative estimate of drug-likeness (QED) is 0.602. The molecular formula is C8H12BNOS. The van der Waals surface area contributed by atoms with E-state index >= 15 is 0 Å². The molecule has 0 N–H and O–H groups in total. The largest absolute Gasteiger partial charge is 0.364 e. The topological polar surface area (TPSA) is 20.3 Å². The maximum atomic E-state index is 11.4. The first-order valence-electron chi connectivity index (χ1n) is 3.96. The second kappa shape index (κ2) is 3.56. The van der Waals surface area contributed by atoms with Gasteiger partial charge in [0.25, 0.3) is 0 Å². The number of hydrogen-bond donors (Lipinski definition) is 0. The Balaban J connectivity index is 2.59. The molecule has 1 aliphatic heterocycles. The number of carbonyl (C=O) groups excluding carboxylic acids is 1. The molecule has 2 radical (unpaired) electrons. The van der Waals surface area contributed by atoms with Crippen molar-refractivity contribution < 1.29 is 4.79 Å². The Hall–Kier alpha value is -0.375. The van der Waals surface area contributed by atoms with Crippen LogP contribution in [0.5, 0.6) is 0 Å². The Bertz CT molecular complexity index is 217. The highest BCUT2D eigenvalue weighted by Gasteiger charge is 2.32. The predicted octanol–water partition coefficient (Wildman–Crippen LogP) is 1.53. The SMILES string of the molecule is [B]N1C(=C)SC(CC(C)C)C1=O. The van der Waals surface area contributed by atoms with E-state index in [1.54, 1.807) is 0 Å². The summed E-state index contributed by atoms with van der Waals surface area (Å²) in [6, 6.07) is 0. The molecule has 0 aromatic rings. The molecule has 64 valence electrons. The second-order valence-electron chi connectivity index (χ2n) is 3.34. The Kier molecular flexibility index (Phi) is 2.88. The van der Waals surface area contributed by atoms with Gasteiger partial charge in [0.1, 0.15) is 0 Å². The zero-order valence-electron chi connectivity index (χ0n) is 7.41. The van der Waals surface area contributed by atoms with E-state index < -0.39 is 0 Å². The molecule has 4 heteroatoms. The number of hydrogen-bond acceptors (Lipinski definition) is 2. The van der Waals surface area contributed by atoms with Gasteiger partial charge in [0, 0.05) is 0 Å². The molecule has 1 atom stereocenters. The molecule has 1 amide bonds. The van der Waals surface area contributed by atoms with E-state index in [0.717, 1.165) is 11.2 Å². The third-order valence-corrected chi connectivity index (χ3v) is 2.89. The summed E-state index contributed by atoms with van der Waals surface area (Å²) in [4.78, 5) is 12.5. The number of carbonyl (C=O) groups is 1. The first-order valence-corrected chi connectivity index (χ1v) is 4.84. The van der Waals surface area contributed by atoms with E-state index in [1.807, 2.05) is 0 Å². The number of amides is 1. The average Bonchev–Trinajstić information content (AvgIpc) is 2.17. The van der Waals surface area contributed by atoms with Crippen LogP contribution in [0.3, 0.4) is 0 Å². The zero-order chi connectivity index (χ0) is 9.30. The van der Waals surface area contributed by atoms with Crippen molar-refractivity contribution in [3.63, 3.8) is 0 Å². The Morgan fingerprint density at radius 1 is 1.75 bits per heavy atom. The van der Waals surface area contributed by atoms with Gasteiger partial charge in [-0.25, -0.2) is 0 Å². The normalized spacial score (nSPS) is 24.2. The smallest absolute Gasteiger partial charge is 0.239 e. The highest BCUT2D eigenvalue weighted by molar-refractivity contribution is 8.04. The fourth-order valence-electron chi connectivity index (χ4n) is 1.13. The van der Waals surface area contributed by atoms with Crippen LogP contribution in [0.2, 0.25) is 0 Å². The molecule has 0 spiro atoms. The van der Waals surface area contributed by atoms with E-state index in [0.29, 0.717) is 10.9 Å². The predicted molar refractivity (Wildman–Crippen MR) is 52.6 cm³/mol. The van der Waals surface area contributed by atoms with E-state index in [9.17, 15) is 4.79 Å². The zero-order valence-corrected chi connectivity index (χ0v) is 8.23. The van der Waals surface area contributed by atoms with E-state index in [-0.39, 0.29) is 11.2 Å². The second-order valence-corrected chi connectivity index (χ2v) is 4.61. The van der Waals surface area contributed by atoms with Crippen LogP contribution < -0.4 is 0 Å². The van der Waals surface area contributed by atoms with Crippen LogP contribution >= 0.6 is 11.8 Å². The van der Waals surface area contributed by atoms with Crippen molar-refractivity contribution in [1.29, 1.82) is 0 Å². The van der Waals surface area contributed by atoms with Crippen molar-refractivity contribution in [3.05, 3.63) is 11.6 Å². The minimum absolute atomic E-state index is 0.0116. The van der Waals surface area contributed by atoms with Gasteiger partial charge in [-0.05, 0) is 12.3 Å². The molecule has 0 saturated carbocycles. The van der Waals surface area contributed by atoms with Crippen molar-refractivity contribution in [2.75, 3.05) is 0 Å². The molecule has 0 aromatic heterocycles. The van der Waals surface area contributed by atoms with E-state index in [4.69, 9.17) is 7.98 Å². The summed E-state index contributed by atoms with van der Waals surface area (Å²) in [7, 11) is 5.45. The van der Waals surface area contributed by atoms with Crippen molar-refractivity contribution in [2.45, 2.75) is 25.5 Å². The maximum Gasteiger partial charge on any atom is 0.239 e. The average molecular weight is 181 g/mol. The Labute approximate surface area is 78.8 Å².